The van der Waals surface area contributed by atoms with Gasteiger partial charge in [-0.2, -0.15) is 0 Å². The number of hydrogen-bond acceptors (Lipinski definition) is 3. The van der Waals surface area contributed by atoms with Crippen LogP contribution in [-0.2, 0) is 25.7 Å². The van der Waals surface area contributed by atoms with Crippen molar-refractivity contribution in [3.8, 4) is 5.75 Å². The molecule has 0 bridgehead atoms. The molecule has 3 nitrogen and oxygen atoms in total. The summed E-state index contributed by atoms with van der Waals surface area (Å²) in [5.74, 6) is 0.527. The molecule has 0 spiro atoms. The van der Waals surface area contributed by atoms with E-state index in [2.05, 4.69) is 36.4 Å². The second kappa shape index (κ2) is 10.6. The van der Waals surface area contributed by atoms with Gasteiger partial charge < -0.3 is 9.52 Å². The monoisotopic (exact) mass is 424 g/mol. The van der Waals surface area contributed by atoms with Gasteiger partial charge in [0.15, 0.2) is 0 Å². The zero-order chi connectivity index (χ0) is 22.2. The lowest BCUT2D eigenvalue weighted by atomic mass is 9.90. The minimum Gasteiger partial charge on any atom is -0.507 e. The Kier molecular flexibility index (Phi) is 7.19. The molecule has 1 N–H and O–H groups in total. The van der Waals surface area contributed by atoms with Crippen molar-refractivity contribution >= 4 is 0 Å². The van der Waals surface area contributed by atoms with Gasteiger partial charge in [0, 0.05) is 12.0 Å². The molecular weight excluding hydrogens is 396 g/mol. The molecule has 0 saturated carbocycles. The molecule has 0 radical (unpaired) electrons. The Hall–Kier alpha value is -3.59. The highest BCUT2D eigenvalue weighted by atomic mass is 16.4. The van der Waals surface area contributed by atoms with E-state index in [0.29, 0.717) is 17.7 Å². The lowest BCUT2D eigenvalue weighted by molar-refractivity contribution is 0.387. The molecule has 0 unspecified atom stereocenters. The summed E-state index contributed by atoms with van der Waals surface area (Å²) in [6.45, 7) is 0. The number of aryl methyl sites for hydroxylation is 1. The summed E-state index contributed by atoms with van der Waals surface area (Å²) in [6, 6.07) is 32.1. The molecule has 0 fully saturated rings. The molecule has 32 heavy (non-hydrogen) atoms. The zero-order valence-electron chi connectivity index (χ0n) is 18.1. The van der Waals surface area contributed by atoms with E-state index in [4.69, 9.17) is 4.42 Å². The van der Waals surface area contributed by atoms with E-state index in [1.54, 1.807) is 6.07 Å². The molecule has 0 saturated heterocycles. The van der Waals surface area contributed by atoms with E-state index < -0.39 is 5.63 Å². The average molecular weight is 425 g/mol. The first-order chi connectivity index (χ1) is 15.7. The van der Waals surface area contributed by atoms with Crippen molar-refractivity contribution in [2.24, 2.45) is 0 Å². The normalized spacial score (nSPS) is 11.0. The quantitative estimate of drug-likeness (QED) is 0.354. The second-order valence-corrected chi connectivity index (χ2v) is 8.22. The van der Waals surface area contributed by atoms with Crippen molar-refractivity contribution < 1.29 is 9.52 Å². The van der Waals surface area contributed by atoms with E-state index in [9.17, 15) is 9.90 Å². The van der Waals surface area contributed by atoms with Gasteiger partial charge in [-0.1, -0.05) is 91.0 Å². The van der Waals surface area contributed by atoms with Gasteiger partial charge in [-0.3, -0.25) is 0 Å². The van der Waals surface area contributed by atoms with Crippen LogP contribution >= 0.6 is 0 Å². The van der Waals surface area contributed by atoms with Crippen LogP contribution in [0.3, 0.4) is 0 Å². The van der Waals surface area contributed by atoms with Crippen molar-refractivity contribution in [3.63, 3.8) is 0 Å². The minimum absolute atomic E-state index is 0.0374. The molecule has 0 aliphatic heterocycles. The molecule has 0 aliphatic rings. The number of aromatic hydroxyl groups is 1. The number of hydrogen-bond donors (Lipinski definition) is 1. The van der Waals surface area contributed by atoms with Crippen LogP contribution in [0, 0.1) is 0 Å². The standard InChI is InChI=1S/C29H28O3/c30-27-21-28(32-29(31)26(27)18-10-17-22-11-4-1-5-12-22)25(19-23-13-6-2-7-14-23)20-24-15-8-3-9-16-24/h1-9,11-16,21,25,30H,10,17-20H2. The summed E-state index contributed by atoms with van der Waals surface area (Å²) in [6.07, 6.45) is 3.58. The maximum Gasteiger partial charge on any atom is 0.342 e. The van der Waals surface area contributed by atoms with Gasteiger partial charge >= 0.3 is 5.63 Å². The Balaban J connectivity index is 1.54. The second-order valence-electron chi connectivity index (χ2n) is 8.22. The van der Waals surface area contributed by atoms with Gasteiger partial charge in [-0.05, 0) is 48.8 Å². The fourth-order valence-electron chi connectivity index (χ4n) is 4.14. The fraction of sp³-hybridized carbons (Fsp3) is 0.207. The summed E-state index contributed by atoms with van der Waals surface area (Å²) < 4.78 is 5.78. The largest absolute Gasteiger partial charge is 0.507 e. The highest BCUT2D eigenvalue weighted by Crippen LogP contribution is 2.28. The van der Waals surface area contributed by atoms with Crippen LogP contribution in [-0.4, -0.2) is 5.11 Å². The van der Waals surface area contributed by atoms with Crippen molar-refractivity contribution in [3.05, 3.63) is 135 Å². The zero-order valence-corrected chi connectivity index (χ0v) is 18.1. The highest BCUT2D eigenvalue weighted by Gasteiger charge is 2.20. The predicted molar refractivity (Wildman–Crippen MR) is 128 cm³/mol. The third kappa shape index (κ3) is 5.76. The molecule has 4 aromatic rings. The van der Waals surface area contributed by atoms with Gasteiger partial charge in [0.2, 0.25) is 0 Å². The first kappa shape index (κ1) is 21.6. The third-order valence-corrected chi connectivity index (χ3v) is 5.83. The van der Waals surface area contributed by atoms with Crippen molar-refractivity contribution in [1.29, 1.82) is 0 Å². The summed E-state index contributed by atoms with van der Waals surface area (Å²) in [5, 5.41) is 10.7. The number of rotatable bonds is 9. The lowest BCUT2D eigenvalue weighted by Gasteiger charge is -2.17. The summed E-state index contributed by atoms with van der Waals surface area (Å²) in [5.41, 5.74) is 3.49. The van der Waals surface area contributed by atoms with E-state index in [1.165, 1.54) is 16.7 Å². The van der Waals surface area contributed by atoms with E-state index in [0.717, 1.165) is 25.7 Å². The van der Waals surface area contributed by atoms with Gasteiger partial charge in [0.1, 0.15) is 11.5 Å². The highest BCUT2D eigenvalue weighted by molar-refractivity contribution is 5.33. The van der Waals surface area contributed by atoms with Crippen LogP contribution in [0.2, 0.25) is 0 Å². The Morgan fingerprint density at radius 1 is 0.688 bits per heavy atom. The van der Waals surface area contributed by atoms with Crippen molar-refractivity contribution in [1.82, 2.24) is 0 Å². The van der Waals surface area contributed by atoms with E-state index >= 15 is 0 Å². The summed E-state index contributed by atoms with van der Waals surface area (Å²) >= 11 is 0. The SMILES string of the molecule is O=c1oc(C(Cc2ccccc2)Cc2ccccc2)cc(O)c1CCCc1ccccc1. The first-order valence-corrected chi connectivity index (χ1v) is 11.2. The van der Waals surface area contributed by atoms with Gasteiger partial charge in [-0.25, -0.2) is 4.79 Å². The Bertz CT molecular complexity index is 1120. The minimum atomic E-state index is -0.431. The predicted octanol–water partition coefficient (Wildman–Crippen LogP) is 6.09. The Morgan fingerprint density at radius 3 is 1.69 bits per heavy atom. The van der Waals surface area contributed by atoms with Crippen LogP contribution in [0.5, 0.6) is 5.75 Å². The van der Waals surface area contributed by atoms with Gasteiger partial charge in [0.05, 0.1) is 5.56 Å². The van der Waals surface area contributed by atoms with Crippen LogP contribution < -0.4 is 5.63 Å². The average Bonchev–Trinajstić information content (AvgIpc) is 2.82. The maximum atomic E-state index is 12.8. The topological polar surface area (TPSA) is 50.4 Å². The molecule has 4 rings (SSSR count). The van der Waals surface area contributed by atoms with Crippen LogP contribution in [0.15, 0.2) is 106 Å². The van der Waals surface area contributed by atoms with E-state index in [1.807, 2.05) is 54.6 Å². The smallest absolute Gasteiger partial charge is 0.342 e. The maximum absolute atomic E-state index is 12.8. The Morgan fingerprint density at radius 2 is 1.19 bits per heavy atom. The Labute approximate surface area is 189 Å². The molecular formula is C29H28O3. The molecule has 0 aliphatic carbocycles. The van der Waals surface area contributed by atoms with Crippen LogP contribution in [0.4, 0.5) is 0 Å². The lowest BCUT2D eigenvalue weighted by Crippen LogP contribution is -2.14. The van der Waals surface area contributed by atoms with Crippen molar-refractivity contribution in [2.75, 3.05) is 0 Å². The first-order valence-electron chi connectivity index (χ1n) is 11.2. The summed E-state index contributed by atoms with van der Waals surface area (Å²) in [4.78, 5) is 12.8. The fourth-order valence-corrected chi connectivity index (χ4v) is 4.14. The molecule has 1 aromatic heterocycles. The molecule has 3 aromatic carbocycles. The molecule has 0 amide bonds. The molecule has 1 heterocycles. The summed E-state index contributed by atoms with van der Waals surface area (Å²) in [7, 11) is 0. The molecule has 162 valence electrons. The third-order valence-electron chi connectivity index (χ3n) is 5.83. The van der Waals surface area contributed by atoms with E-state index in [-0.39, 0.29) is 11.7 Å². The van der Waals surface area contributed by atoms with Gasteiger partial charge in [-0.15, -0.1) is 0 Å². The van der Waals surface area contributed by atoms with Crippen LogP contribution in [0.25, 0.3) is 0 Å². The van der Waals surface area contributed by atoms with Crippen molar-refractivity contribution in [2.45, 2.75) is 38.0 Å². The molecule has 0 atom stereocenters. The molecule has 3 heteroatoms. The number of benzene rings is 3. The van der Waals surface area contributed by atoms with Gasteiger partial charge in [0.25, 0.3) is 0 Å². The van der Waals surface area contributed by atoms with Crippen LogP contribution in [0.1, 0.15) is 40.4 Å².